The molecule has 4 rings (SSSR count). The molecule has 0 radical (unpaired) electrons. The van der Waals surface area contributed by atoms with Gasteiger partial charge in [0, 0.05) is 30.4 Å². The van der Waals surface area contributed by atoms with Crippen molar-refractivity contribution >= 4 is 5.71 Å². The number of hydrogen-bond acceptors (Lipinski definition) is 4. The fourth-order valence-corrected chi connectivity index (χ4v) is 5.84. The number of rotatable bonds is 9. The Hall–Kier alpha value is -1.23. The summed E-state index contributed by atoms with van der Waals surface area (Å²) >= 11 is 0. The molecule has 0 aromatic heterocycles. The predicted octanol–water partition coefficient (Wildman–Crippen LogP) is 5.02. The lowest BCUT2D eigenvalue weighted by Crippen LogP contribution is -2.63. The van der Waals surface area contributed by atoms with Crippen LogP contribution in [0.5, 0.6) is 0 Å². The minimum absolute atomic E-state index is 0.370. The van der Waals surface area contributed by atoms with Gasteiger partial charge in [-0.3, -0.25) is 4.99 Å². The van der Waals surface area contributed by atoms with Crippen LogP contribution in [0.1, 0.15) is 84.5 Å². The van der Waals surface area contributed by atoms with Crippen molar-refractivity contribution in [1.29, 1.82) is 0 Å². The first kappa shape index (κ1) is 22.9. The van der Waals surface area contributed by atoms with Crippen molar-refractivity contribution in [3.05, 3.63) is 36.1 Å². The van der Waals surface area contributed by atoms with E-state index in [1.54, 1.807) is 0 Å². The lowest BCUT2D eigenvalue weighted by molar-refractivity contribution is 0.195. The van der Waals surface area contributed by atoms with Crippen molar-refractivity contribution in [2.45, 2.75) is 115 Å². The van der Waals surface area contributed by atoms with E-state index in [9.17, 15) is 0 Å². The van der Waals surface area contributed by atoms with Gasteiger partial charge in [-0.15, -0.1) is 0 Å². The van der Waals surface area contributed by atoms with Gasteiger partial charge in [0.25, 0.3) is 0 Å². The highest BCUT2D eigenvalue weighted by molar-refractivity contribution is 6.05. The smallest absolute Gasteiger partial charge is 0.0605 e. The maximum Gasteiger partial charge on any atom is 0.0605 e. The molecule has 3 heterocycles. The zero-order chi connectivity index (χ0) is 21.8. The topological polar surface area (TPSA) is 72.3 Å². The average molecular weight is 425 g/mol. The molecule has 31 heavy (non-hydrogen) atoms. The molecular formula is C27H44N4. The first-order chi connectivity index (χ1) is 15.1. The van der Waals surface area contributed by atoms with Crippen molar-refractivity contribution in [1.82, 2.24) is 10.6 Å². The zero-order valence-electron chi connectivity index (χ0n) is 19.8. The van der Waals surface area contributed by atoms with E-state index >= 15 is 0 Å². The van der Waals surface area contributed by atoms with Gasteiger partial charge in [-0.1, -0.05) is 52.2 Å². The second kappa shape index (κ2) is 10.6. The molecule has 0 spiro atoms. The van der Waals surface area contributed by atoms with Crippen molar-refractivity contribution in [2.24, 2.45) is 22.6 Å². The van der Waals surface area contributed by atoms with Gasteiger partial charge in [0.15, 0.2) is 0 Å². The van der Waals surface area contributed by atoms with Crippen LogP contribution in [0.2, 0.25) is 0 Å². The molecule has 4 nitrogen and oxygen atoms in total. The van der Waals surface area contributed by atoms with Gasteiger partial charge >= 0.3 is 0 Å². The van der Waals surface area contributed by atoms with Gasteiger partial charge in [-0.2, -0.15) is 0 Å². The molecule has 3 aliphatic heterocycles. The molecule has 2 unspecified atom stereocenters. The second-order valence-corrected chi connectivity index (χ2v) is 10.6. The van der Waals surface area contributed by atoms with Gasteiger partial charge in [-0.25, -0.2) is 0 Å². The van der Waals surface area contributed by atoms with E-state index in [0.29, 0.717) is 36.1 Å². The third kappa shape index (κ3) is 5.77. The highest BCUT2D eigenvalue weighted by Gasteiger charge is 2.41. The molecule has 3 fully saturated rings. The summed E-state index contributed by atoms with van der Waals surface area (Å²) in [7, 11) is 0. The van der Waals surface area contributed by atoms with Crippen LogP contribution < -0.4 is 16.4 Å². The van der Waals surface area contributed by atoms with Crippen LogP contribution in [-0.2, 0) is 0 Å². The van der Waals surface area contributed by atoms with Crippen molar-refractivity contribution in [2.75, 3.05) is 0 Å². The Kier molecular flexibility index (Phi) is 7.84. The molecule has 4 aliphatic rings. The molecule has 1 aliphatic carbocycles. The molecule has 0 aromatic carbocycles. The summed E-state index contributed by atoms with van der Waals surface area (Å²) in [6.07, 6.45) is 20.5. The highest BCUT2D eigenvalue weighted by Crippen LogP contribution is 2.33. The van der Waals surface area contributed by atoms with Crippen LogP contribution in [0.4, 0.5) is 0 Å². The van der Waals surface area contributed by atoms with Gasteiger partial charge in [0.05, 0.1) is 11.8 Å². The molecule has 0 aromatic rings. The standard InChI is InChI=1S/C27H44N4/c1-4-5-8-23-19(3)26(30-23)25-18(2)10-13-21(16-17-29-25)27-24(31-27)9-6-7-20-11-14-22(28)15-12-20/h13,16-17,19-20,22-24,26-27,30-31H,2,4-12,14-15,28H2,1,3H3/b17-16-,21-13-,29-25?/t19-,20?,22?,23?,24-,26+,27?/m0/s1. The number of allylic oxidation sites excluding steroid dienone is 1. The Bertz CT molecular complexity index is 713. The highest BCUT2D eigenvalue weighted by atomic mass is 15.1. The van der Waals surface area contributed by atoms with Crippen LogP contribution in [-0.4, -0.2) is 35.9 Å². The van der Waals surface area contributed by atoms with Gasteiger partial charge in [0.1, 0.15) is 0 Å². The van der Waals surface area contributed by atoms with Gasteiger partial charge in [0.2, 0.25) is 0 Å². The predicted molar refractivity (Wildman–Crippen MR) is 132 cm³/mol. The van der Waals surface area contributed by atoms with Crippen molar-refractivity contribution in [3.63, 3.8) is 0 Å². The molecule has 1 saturated carbocycles. The first-order valence-electron chi connectivity index (χ1n) is 13.0. The number of nitrogens with two attached hydrogens (primary N) is 1. The lowest BCUT2D eigenvalue weighted by Gasteiger charge is -2.45. The Balaban J connectivity index is 1.22. The van der Waals surface area contributed by atoms with Crippen LogP contribution in [0, 0.1) is 11.8 Å². The number of hydrogen-bond donors (Lipinski definition) is 3. The lowest BCUT2D eigenvalue weighted by atomic mass is 9.77. The maximum absolute atomic E-state index is 6.04. The number of unbranched alkanes of at least 4 members (excludes halogenated alkanes) is 1. The average Bonchev–Trinajstić information content (AvgIpc) is 3.52. The van der Waals surface area contributed by atoms with E-state index in [0.717, 1.165) is 12.3 Å². The third-order valence-corrected chi connectivity index (χ3v) is 8.21. The van der Waals surface area contributed by atoms with E-state index in [-0.39, 0.29) is 0 Å². The summed E-state index contributed by atoms with van der Waals surface area (Å²) in [5.74, 6) is 1.56. The summed E-state index contributed by atoms with van der Waals surface area (Å²) in [6, 6.07) is 2.63. The van der Waals surface area contributed by atoms with Crippen LogP contribution in [0.3, 0.4) is 0 Å². The maximum atomic E-state index is 6.04. The zero-order valence-corrected chi connectivity index (χ0v) is 19.8. The third-order valence-electron chi connectivity index (χ3n) is 8.21. The van der Waals surface area contributed by atoms with E-state index in [4.69, 9.17) is 10.7 Å². The van der Waals surface area contributed by atoms with Crippen molar-refractivity contribution < 1.29 is 0 Å². The quantitative estimate of drug-likeness (QED) is 0.455. The second-order valence-electron chi connectivity index (χ2n) is 10.6. The number of aliphatic imine (C=N–C) groups is 1. The molecule has 172 valence electrons. The van der Waals surface area contributed by atoms with Crippen LogP contribution >= 0.6 is 0 Å². The Labute approximate surface area is 189 Å². The van der Waals surface area contributed by atoms with Crippen LogP contribution in [0.15, 0.2) is 41.1 Å². The van der Waals surface area contributed by atoms with Crippen molar-refractivity contribution in [3.8, 4) is 0 Å². The number of nitrogens with zero attached hydrogens (tertiary/aromatic N) is 1. The minimum Gasteiger partial charge on any atom is -0.328 e. The molecule has 4 N–H and O–H groups in total. The van der Waals surface area contributed by atoms with E-state index in [1.165, 1.54) is 81.1 Å². The monoisotopic (exact) mass is 424 g/mol. The summed E-state index contributed by atoms with van der Waals surface area (Å²) in [5, 5.41) is 7.46. The summed E-state index contributed by atoms with van der Waals surface area (Å²) in [6.45, 7) is 9.01. The molecule has 5 atom stereocenters. The van der Waals surface area contributed by atoms with Crippen LogP contribution in [0.25, 0.3) is 0 Å². The molecular weight excluding hydrogens is 380 g/mol. The normalized spacial score (nSPS) is 40.7. The molecule has 2 saturated heterocycles. The fourth-order valence-electron chi connectivity index (χ4n) is 5.84. The Morgan fingerprint density at radius 3 is 2.52 bits per heavy atom. The van der Waals surface area contributed by atoms with E-state index < -0.39 is 0 Å². The Morgan fingerprint density at radius 1 is 1.03 bits per heavy atom. The summed E-state index contributed by atoms with van der Waals surface area (Å²) in [4.78, 5) is 4.86. The minimum atomic E-state index is 0.370. The summed E-state index contributed by atoms with van der Waals surface area (Å²) < 4.78 is 0. The molecule has 0 bridgehead atoms. The summed E-state index contributed by atoms with van der Waals surface area (Å²) in [5.41, 5.74) is 9.78. The largest absolute Gasteiger partial charge is 0.328 e. The van der Waals surface area contributed by atoms with E-state index in [2.05, 4.69) is 43.2 Å². The van der Waals surface area contributed by atoms with E-state index in [1.807, 2.05) is 6.20 Å². The fraction of sp³-hybridized carbons (Fsp3) is 0.741. The number of nitrogens with one attached hydrogen (secondary N) is 2. The van der Waals surface area contributed by atoms with Gasteiger partial charge < -0.3 is 16.4 Å². The Morgan fingerprint density at radius 2 is 1.77 bits per heavy atom. The first-order valence-corrected chi connectivity index (χ1v) is 13.0. The molecule has 0 amide bonds. The van der Waals surface area contributed by atoms with Gasteiger partial charge in [-0.05, 0) is 74.0 Å². The SMILES string of the molecule is C=C1C/C=C(C2N[C@H]2CCCC2CCC(N)CC2)/C=C\N=C1[C@@H]1NC(CCCC)[C@@H]1C. The molecule has 4 heteroatoms.